The maximum Gasteiger partial charge on any atom is 0.150 e. The molecule has 2 rings (SSSR count). The van der Waals surface area contributed by atoms with Crippen LogP contribution in [-0.2, 0) is 17.6 Å². The number of carbonyl (C=O) groups is 1. The first kappa shape index (κ1) is 16.4. The average molecular weight is 296 g/mol. The number of Topliss-reactive ketones (excluding diaryl/α,β-unsaturated/α-hetero) is 1. The van der Waals surface area contributed by atoms with Gasteiger partial charge in [0.05, 0.1) is 6.04 Å². The van der Waals surface area contributed by atoms with Crippen LogP contribution in [0.3, 0.4) is 0 Å². The lowest BCUT2D eigenvalue weighted by molar-refractivity contribution is -0.120. The first-order chi connectivity index (χ1) is 10.6. The number of aryl methyl sites for hydroxylation is 1. The van der Waals surface area contributed by atoms with Crippen LogP contribution in [0.4, 0.5) is 0 Å². The summed E-state index contributed by atoms with van der Waals surface area (Å²) < 4.78 is 0. The van der Waals surface area contributed by atoms with E-state index in [0.717, 1.165) is 11.1 Å². The van der Waals surface area contributed by atoms with Crippen LogP contribution in [0.2, 0.25) is 0 Å². The van der Waals surface area contributed by atoms with Crippen LogP contribution < -0.4 is 5.73 Å². The van der Waals surface area contributed by atoms with Gasteiger partial charge in [0.1, 0.15) is 5.78 Å². The maximum atomic E-state index is 12.2. The van der Waals surface area contributed by atoms with Crippen LogP contribution >= 0.6 is 0 Å². The van der Waals surface area contributed by atoms with Crippen molar-refractivity contribution in [2.24, 2.45) is 5.73 Å². The summed E-state index contributed by atoms with van der Waals surface area (Å²) in [5.41, 5.74) is 9.44. The third kappa shape index (κ3) is 4.78. The van der Waals surface area contributed by atoms with Gasteiger partial charge in [-0.1, -0.05) is 50.2 Å². The zero-order chi connectivity index (χ0) is 15.9. The van der Waals surface area contributed by atoms with Crippen molar-refractivity contribution in [1.29, 1.82) is 0 Å². The number of rotatable bonds is 7. The Balaban J connectivity index is 1.88. The Hall–Kier alpha value is -2.00. The second-order valence-corrected chi connectivity index (χ2v) is 6.04. The zero-order valence-electron chi connectivity index (χ0n) is 13.3. The summed E-state index contributed by atoms with van der Waals surface area (Å²) in [6, 6.07) is 11.6. The lowest BCUT2D eigenvalue weighted by Gasteiger charge is -2.11. The predicted octanol–water partition coefficient (Wildman–Crippen LogP) is 3.28. The molecule has 0 unspecified atom stereocenters. The van der Waals surface area contributed by atoms with Crippen molar-refractivity contribution in [1.82, 2.24) is 4.98 Å². The topological polar surface area (TPSA) is 56.0 Å². The highest BCUT2D eigenvalue weighted by Gasteiger charge is 2.14. The van der Waals surface area contributed by atoms with E-state index in [-0.39, 0.29) is 5.78 Å². The summed E-state index contributed by atoms with van der Waals surface area (Å²) in [7, 11) is 0. The number of aromatic nitrogens is 1. The molecule has 0 radical (unpaired) electrons. The van der Waals surface area contributed by atoms with E-state index in [1.54, 1.807) is 0 Å². The lowest BCUT2D eigenvalue weighted by atomic mass is 9.97. The number of nitrogens with zero attached hydrogens (tertiary/aromatic N) is 1. The Labute approximate surface area is 132 Å². The second kappa shape index (κ2) is 7.85. The Morgan fingerprint density at radius 2 is 1.86 bits per heavy atom. The van der Waals surface area contributed by atoms with Crippen LogP contribution in [0.25, 0.3) is 0 Å². The summed E-state index contributed by atoms with van der Waals surface area (Å²) in [5, 5.41) is 0. The van der Waals surface area contributed by atoms with E-state index >= 15 is 0 Å². The molecule has 3 nitrogen and oxygen atoms in total. The van der Waals surface area contributed by atoms with Crippen LogP contribution in [0.1, 0.15) is 42.9 Å². The SMILES string of the molecule is CC(C)c1cncc(CCC(=O)[C@@H](N)Cc2ccccc2)c1. The normalized spacial score (nSPS) is 12.4. The second-order valence-electron chi connectivity index (χ2n) is 6.04. The first-order valence-electron chi connectivity index (χ1n) is 7.82. The highest BCUT2D eigenvalue weighted by molar-refractivity contribution is 5.84. The molecule has 3 heteroatoms. The molecule has 2 aromatic rings. The van der Waals surface area contributed by atoms with Gasteiger partial charge in [0, 0.05) is 18.8 Å². The van der Waals surface area contributed by atoms with E-state index in [1.807, 2.05) is 42.7 Å². The standard InChI is InChI=1S/C19H24N2O/c1-14(2)17-10-16(12-21-13-17)8-9-19(22)18(20)11-15-6-4-3-5-7-15/h3-7,10,12-14,18H,8-9,11,20H2,1-2H3/t18-/m0/s1. The Bertz CT molecular complexity index is 608. The third-order valence-corrected chi connectivity index (χ3v) is 3.85. The molecular formula is C19H24N2O. The van der Waals surface area contributed by atoms with Gasteiger partial charge in [0.2, 0.25) is 0 Å². The lowest BCUT2D eigenvalue weighted by Crippen LogP contribution is -2.32. The molecule has 1 aromatic heterocycles. The number of nitrogens with two attached hydrogens (primary N) is 1. The number of pyridine rings is 1. The van der Waals surface area contributed by atoms with Crippen molar-refractivity contribution in [3.63, 3.8) is 0 Å². The minimum absolute atomic E-state index is 0.110. The average Bonchev–Trinajstić information content (AvgIpc) is 2.53. The van der Waals surface area contributed by atoms with Crippen molar-refractivity contribution in [2.75, 3.05) is 0 Å². The van der Waals surface area contributed by atoms with Gasteiger partial charge in [-0.2, -0.15) is 0 Å². The number of ketones is 1. The molecule has 0 aliphatic rings. The molecular weight excluding hydrogens is 272 g/mol. The minimum atomic E-state index is -0.427. The summed E-state index contributed by atoms with van der Waals surface area (Å²) in [6.45, 7) is 4.28. The smallest absolute Gasteiger partial charge is 0.150 e. The van der Waals surface area contributed by atoms with E-state index in [0.29, 0.717) is 25.2 Å². The van der Waals surface area contributed by atoms with Gasteiger partial charge in [-0.15, -0.1) is 0 Å². The fraction of sp³-hybridized carbons (Fsp3) is 0.368. The molecule has 1 atom stereocenters. The summed E-state index contributed by atoms with van der Waals surface area (Å²) in [4.78, 5) is 16.4. The maximum absolute atomic E-state index is 12.2. The molecule has 0 bridgehead atoms. The van der Waals surface area contributed by atoms with Gasteiger partial charge in [0.25, 0.3) is 0 Å². The number of hydrogen-bond donors (Lipinski definition) is 1. The van der Waals surface area contributed by atoms with Crippen molar-refractivity contribution < 1.29 is 4.79 Å². The van der Waals surface area contributed by atoms with Crippen LogP contribution in [-0.4, -0.2) is 16.8 Å². The zero-order valence-corrected chi connectivity index (χ0v) is 13.3. The fourth-order valence-corrected chi connectivity index (χ4v) is 2.39. The molecule has 1 aromatic carbocycles. The van der Waals surface area contributed by atoms with Crippen molar-refractivity contribution >= 4 is 5.78 Å². The van der Waals surface area contributed by atoms with Gasteiger partial charge < -0.3 is 5.73 Å². The largest absolute Gasteiger partial charge is 0.321 e. The van der Waals surface area contributed by atoms with E-state index in [4.69, 9.17) is 5.73 Å². The molecule has 0 fully saturated rings. The van der Waals surface area contributed by atoms with Crippen molar-refractivity contribution in [3.8, 4) is 0 Å². The first-order valence-corrected chi connectivity index (χ1v) is 7.82. The Morgan fingerprint density at radius 3 is 2.55 bits per heavy atom. The number of benzene rings is 1. The highest BCUT2D eigenvalue weighted by atomic mass is 16.1. The molecule has 0 amide bonds. The van der Waals surface area contributed by atoms with Gasteiger partial charge in [-0.25, -0.2) is 0 Å². The molecule has 0 saturated carbocycles. The van der Waals surface area contributed by atoms with Gasteiger partial charge in [0.15, 0.2) is 0 Å². The van der Waals surface area contributed by atoms with Crippen LogP contribution in [0, 0.1) is 0 Å². The van der Waals surface area contributed by atoms with Crippen LogP contribution in [0.5, 0.6) is 0 Å². The molecule has 1 heterocycles. The van der Waals surface area contributed by atoms with Gasteiger partial charge in [-0.05, 0) is 35.4 Å². The van der Waals surface area contributed by atoms with E-state index in [1.165, 1.54) is 5.56 Å². The molecule has 0 saturated heterocycles. The fourth-order valence-electron chi connectivity index (χ4n) is 2.39. The summed E-state index contributed by atoms with van der Waals surface area (Å²) >= 11 is 0. The summed E-state index contributed by atoms with van der Waals surface area (Å²) in [6.07, 6.45) is 5.50. The van der Waals surface area contributed by atoms with Gasteiger partial charge in [-0.3, -0.25) is 9.78 Å². The molecule has 0 spiro atoms. The number of carbonyl (C=O) groups excluding carboxylic acids is 1. The molecule has 116 valence electrons. The van der Waals surface area contributed by atoms with Gasteiger partial charge >= 0.3 is 0 Å². The molecule has 22 heavy (non-hydrogen) atoms. The van der Waals surface area contributed by atoms with Crippen molar-refractivity contribution in [2.45, 2.75) is 45.1 Å². The third-order valence-electron chi connectivity index (χ3n) is 3.85. The van der Waals surface area contributed by atoms with E-state index in [2.05, 4.69) is 24.9 Å². The Kier molecular flexibility index (Phi) is 5.84. The summed E-state index contributed by atoms with van der Waals surface area (Å²) in [5.74, 6) is 0.558. The van der Waals surface area contributed by atoms with Crippen LogP contribution in [0.15, 0.2) is 48.8 Å². The molecule has 0 aliphatic carbocycles. The van der Waals surface area contributed by atoms with E-state index < -0.39 is 6.04 Å². The molecule has 0 aliphatic heterocycles. The minimum Gasteiger partial charge on any atom is -0.321 e. The number of hydrogen-bond acceptors (Lipinski definition) is 3. The van der Waals surface area contributed by atoms with Crippen molar-refractivity contribution in [3.05, 3.63) is 65.5 Å². The molecule has 2 N–H and O–H groups in total. The van der Waals surface area contributed by atoms with E-state index in [9.17, 15) is 4.79 Å². The Morgan fingerprint density at radius 1 is 1.14 bits per heavy atom. The predicted molar refractivity (Wildman–Crippen MR) is 89.8 cm³/mol. The quantitative estimate of drug-likeness (QED) is 0.853. The monoisotopic (exact) mass is 296 g/mol. The highest BCUT2D eigenvalue weighted by Crippen LogP contribution is 2.15.